The van der Waals surface area contributed by atoms with Gasteiger partial charge in [-0.3, -0.25) is 9.59 Å². The molecule has 0 radical (unpaired) electrons. The highest BCUT2D eigenvalue weighted by Crippen LogP contribution is 2.14. The lowest BCUT2D eigenvalue weighted by molar-refractivity contribution is -0.153. The SMILES string of the molecule is CC(=O)C1CCCCC(=O)O1. The van der Waals surface area contributed by atoms with Crippen LogP contribution in [-0.4, -0.2) is 17.9 Å². The lowest BCUT2D eigenvalue weighted by atomic mass is 10.1. The normalized spacial score (nSPS) is 25.5. The van der Waals surface area contributed by atoms with Crippen LogP contribution >= 0.6 is 0 Å². The van der Waals surface area contributed by atoms with Gasteiger partial charge in [0.1, 0.15) is 0 Å². The van der Waals surface area contributed by atoms with E-state index >= 15 is 0 Å². The molecule has 0 aliphatic carbocycles. The Hall–Kier alpha value is -0.860. The molecule has 1 aliphatic heterocycles. The topological polar surface area (TPSA) is 43.4 Å². The summed E-state index contributed by atoms with van der Waals surface area (Å²) < 4.78 is 4.88. The van der Waals surface area contributed by atoms with Crippen LogP contribution < -0.4 is 0 Å². The number of carbonyl (C=O) groups is 2. The summed E-state index contributed by atoms with van der Waals surface area (Å²) in [5.74, 6) is -0.275. The van der Waals surface area contributed by atoms with E-state index in [1.165, 1.54) is 6.92 Å². The molecule has 1 fully saturated rings. The second-order valence-corrected chi connectivity index (χ2v) is 2.83. The number of hydrogen-bond acceptors (Lipinski definition) is 3. The molecule has 0 saturated carbocycles. The number of ketones is 1. The summed E-state index contributed by atoms with van der Waals surface area (Å²) in [6, 6.07) is 0. The van der Waals surface area contributed by atoms with Crippen molar-refractivity contribution in [3.05, 3.63) is 0 Å². The fraction of sp³-hybridized carbons (Fsp3) is 0.750. The number of hydrogen-bond donors (Lipinski definition) is 0. The quantitative estimate of drug-likeness (QED) is 0.533. The summed E-state index contributed by atoms with van der Waals surface area (Å²) in [4.78, 5) is 21.6. The second kappa shape index (κ2) is 3.51. The molecule has 0 spiro atoms. The predicted molar refractivity (Wildman–Crippen MR) is 39.0 cm³/mol. The van der Waals surface area contributed by atoms with Crippen molar-refractivity contribution in [1.82, 2.24) is 0 Å². The van der Waals surface area contributed by atoms with Crippen LogP contribution in [0.3, 0.4) is 0 Å². The van der Waals surface area contributed by atoms with E-state index in [1.807, 2.05) is 0 Å². The first-order valence-electron chi connectivity index (χ1n) is 3.90. The van der Waals surface area contributed by atoms with Crippen molar-refractivity contribution < 1.29 is 14.3 Å². The lowest BCUT2D eigenvalue weighted by Gasteiger charge is -2.09. The maximum atomic E-state index is 10.8. The van der Waals surface area contributed by atoms with Crippen molar-refractivity contribution in [3.63, 3.8) is 0 Å². The summed E-state index contributed by atoms with van der Waals surface area (Å²) in [7, 11) is 0. The molecule has 3 heteroatoms. The van der Waals surface area contributed by atoms with Crippen molar-refractivity contribution >= 4 is 11.8 Å². The number of Topliss-reactive ketones (excluding diaryl/α,β-unsaturated/α-hetero) is 1. The van der Waals surface area contributed by atoms with Gasteiger partial charge in [-0.1, -0.05) is 0 Å². The molecule has 0 aromatic carbocycles. The highest BCUT2D eigenvalue weighted by Gasteiger charge is 2.21. The molecule has 0 aromatic heterocycles. The van der Waals surface area contributed by atoms with Crippen molar-refractivity contribution in [1.29, 1.82) is 0 Å². The Kier molecular flexibility index (Phi) is 2.63. The van der Waals surface area contributed by atoms with Gasteiger partial charge in [0.2, 0.25) is 0 Å². The minimum absolute atomic E-state index is 0.0414. The maximum Gasteiger partial charge on any atom is 0.306 e. The fourth-order valence-electron chi connectivity index (χ4n) is 1.16. The molecule has 1 atom stereocenters. The van der Waals surface area contributed by atoms with E-state index < -0.39 is 6.10 Å². The van der Waals surface area contributed by atoms with E-state index in [0.717, 1.165) is 12.8 Å². The number of esters is 1. The molecule has 1 saturated heterocycles. The van der Waals surface area contributed by atoms with Gasteiger partial charge >= 0.3 is 5.97 Å². The van der Waals surface area contributed by atoms with Crippen LogP contribution in [0.4, 0.5) is 0 Å². The van der Waals surface area contributed by atoms with E-state index in [4.69, 9.17) is 4.74 Å². The Morgan fingerprint density at radius 3 is 2.91 bits per heavy atom. The van der Waals surface area contributed by atoms with Crippen LogP contribution in [0.25, 0.3) is 0 Å². The smallest absolute Gasteiger partial charge is 0.306 e. The molecule has 0 bridgehead atoms. The van der Waals surface area contributed by atoms with E-state index in [2.05, 4.69) is 0 Å². The molecule has 1 heterocycles. The first-order valence-corrected chi connectivity index (χ1v) is 3.90. The van der Waals surface area contributed by atoms with Gasteiger partial charge in [-0.2, -0.15) is 0 Å². The first-order chi connectivity index (χ1) is 5.20. The molecule has 1 unspecified atom stereocenters. The van der Waals surface area contributed by atoms with Crippen LogP contribution in [0.5, 0.6) is 0 Å². The summed E-state index contributed by atoms with van der Waals surface area (Å²) >= 11 is 0. The molecule has 0 N–H and O–H groups in total. The van der Waals surface area contributed by atoms with Gasteiger partial charge in [-0.05, 0) is 26.2 Å². The molecule has 0 aromatic rings. The average Bonchev–Trinajstić information content (AvgIpc) is 2.13. The Labute approximate surface area is 65.7 Å². The van der Waals surface area contributed by atoms with Gasteiger partial charge in [0.25, 0.3) is 0 Å². The zero-order valence-electron chi connectivity index (χ0n) is 6.63. The van der Waals surface area contributed by atoms with Crippen molar-refractivity contribution in [3.8, 4) is 0 Å². The highest BCUT2D eigenvalue weighted by atomic mass is 16.5. The van der Waals surface area contributed by atoms with Crippen LogP contribution in [0.1, 0.15) is 32.6 Å². The van der Waals surface area contributed by atoms with Crippen molar-refractivity contribution in [2.75, 3.05) is 0 Å². The van der Waals surface area contributed by atoms with E-state index in [0.29, 0.717) is 12.8 Å². The predicted octanol–water partition coefficient (Wildman–Crippen LogP) is 1.06. The van der Waals surface area contributed by atoms with Gasteiger partial charge in [0.05, 0.1) is 0 Å². The summed E-state index contributed by atoms with van der Waals surface area (Å²) in [6.07, 6.45) is 2.45. The Balaban J connectivity index is 2.52. The number of rotatable bonds is 1. The van der Waals surface area contributed by atoms with E-state index in [9.17, 15) is 9.59 Å². The Bertz CT molecular complexity index is 174. The second-order valence-electron chi connectivity index (χ2n) is 2.83. The third-order valence-corrected chi connectivity index (χ3v) is 1.82. The van der Waals surface area contributed by atoms with Crippen LogP contribution in [0.2, 0.25) is 0 Å². The molecule has 1 aliphatic rings. The highest BCUT2D eigenvalue weighted by molar-refractivity contribution is 5.83. The standard InChI is InChI=1S/C8H12O3/c1-6(9)7-4-2-3-5-8(10)11-7/h7H,2-5H2,1H3. The third-order valence-electron chi connectivity index (χ3n) is 1.82. The molecule has 62 valence electrons. The fourth-order valence-corrected chi connectivity index (χ4v) is 1.16. The maximum absolute atomic E-state index is 10.8. The van der Waals surface area contributed by atoms with Crippen LogP contribution in [0.15, 0.2) is 0 Å². The number of cyclic esters (lactones) is 1. The van der Waals surface area contributed by atoms with Gasteiger partial charge in [0, 0.05) is 6.42 Å². The molecule has 3 nitrogen and oxygen atoms in total. The van der Waals surface area contributed by atoms with Crippen LogP contribution in [-0.2, 0) is 14.3 Å². The zero-order valence-corrected chi connectivity index (χ0v) is 6.63. The van der Waals surface area contributed by atoms with Gasteiger partial charge < -0.3 is 4.74 Å². The van der Waals surface area contributed by atoms with Gasteiger partial charge in [-0.15, -0.1) is 0 Å². The first kappa shape index (κ1) is 8.24. The molecule has 1 rings (SSSR count). The number of carbonyl (C=O) groups excluding carboxylic acids is 2. The minimum Gasteiger partial charge on any atom is -0.454 e. The Morgan fingerprint density at radius 1 is 1.55 bits per heavy atom. The van der Waals surface area contributed by atoms with Gasteiger partial charge in [-0.25, -0.2) is 0 Å². The monoisotopic (exact) mass is 156 g/mol. The van der Waals surface area contributed by atoms with Crippen LogP contribution in [0, 0.1) is 0 Å². The summed E-state index contributed by atoms with van der Waals surface area (Å²) in [6.45, 7) is 1.46. The van der Waals surface area contributed by atoms with E-state index in [1.54, 1.807) is 0 Å². The minimum atomic E-state index is -0.468. The number of ether oxygens (including phenoxy) is 1. The zero-order chi connectivity index (χ0) is 8.27. The molecule has 11 heavy (non-hydrogen) atoms. The largest absolute Gasteiger partial charge is 0.454 e. The molecular weight excluding hydrogens is 144 g/mol. The summed E-state index contributed by atoms with van der Waals surface area (Å²) in [5.41, 5.74) is 0. The average molecular weight is 156 g/mol. The molecular formula is C8H12O3. The van der Waals surface area contributed by atoms with Crippen molar-refractivity contribution in [2.45, 2.75) is 38.7 Å². The summed E-state index contributed by atoms with van der Waals surface area (Å²) in [5, 5.41) is 0. The lowest BCUT2D eigenvalue weighted by Crippen LogP contribution is -2.22. The Morgan fingerprint density at radius 2 is 2.27 bits per heavy atom. The van der Waals surface area contributed by atoms with Gasteiger partial charge in [0.15, 0.2) is 11.9 Å². The third kappa shape index (κ3) is 2.33. The van der Waals surface area contributed by atoms with Crippen molar-refractivity contribution in [2.24, 2.45) is 0 Å². The molecule has 0 amide bonds. The van der Waals surface area contributed by atoms with E-state index in [-0.39, 0.29) is 11.8 Å².